The molecule has 1 N–H and O–H groups in total. The Balaban J connectivity index is 1.48. The van der Waals surface area contributed by atoms with Gasteiger partial charge in [0.2, 0.25) is 0 Å². The first-order chi connectivity index (χ1) is 9.81. The molecule has 0 amide bonds. The highest BCUT2D eigenvalue weighted by Gasteiger charge is 2.40. The summed E-state index contributed by atoms with van der Waals surface area (Å²) in [5.41, 5.74) is 0. The molecule has 2 aliphatic heterocycles. The maximum Gasteiger partial charge on any atom is 0.168 e. The van der Waals surface area contributed by atoms with E-state index in [1.807, 2.05) is 0 Å². The van der Waals surface area contributed by atoms with Crippen molar-refractivity contribution in [1.29, 1.82) is 0 Å². The molecule has 20 heavy (non-hydrogen) atoms. The van der Waals surface area contributed by atoms with E-state index in [-0.39, 0.29) is 5.79 Å². The molecule has 1 aliphatic carbocycles. The molecular formula is C15H28N2O3. The molecule has 0 aromatic carbocycles. The molecule has 3 fully saturated rings. The van der Waals surface area contributed by atoms with Gasteiger partial charge in [0.15, 0.2) is 5.79 Å². The zero-order valence-corrected chi connectivity index (χ0v) is 12.6. The van der Waals surface area contributed by atoms with Gasteiger partial charge < -0.3 is 19.5 Å². The summed E-state index contributed by atoms with van der Waals surface area (Å²) in [5.74, 6) is 0.567. The van der Waals surface area contributed by atoms with E-state index in [1.165, 1.54) is 19.4 Å². The molecule has 2 saturated heterocycles. The summed E-state index contributed by atoms with van der Waals surface area (Å²) in [6.07, 6.45) is 4.59. The van der Waals surface area contributed by atoms with E-state index in [0.29, 0.717) is 6.04 Å². The van der Waals surface area contributed by atoms with Crippen molar-refractivity contribution >= 4 is 0 Å². The molecule has 2 heterocycles. The molecule has 0 aromatic rings. The van der Waals surface area contributed by atoms with Gasteiger partial charge in [-0.3, -0.25) is 4.90 Å². The van der Waals surface area contributed by atoms with Crippen molar-refractivity contribution in [1.82, 2.24) is 10.2 Å². The van der Waals surface area contributed by atoms with Crippen molar-refractivity contribution in [2.24, 2.45) is 5.92 Å². The normalized spacial score (nSPS) is 31.9. The predicted octanol–water partition coefficient (Wildman–Crippen LogP) is 0.840. The molecule has 0 aromatic heterocycles. The fourth-order valence-electron chi connectivity index (χ4n) is 3.82. The minimum absolute atomic E-state index is 0.216. The number of rotatable bonds is 4. The van der Waals surface area contributed by atoms with Crippen LogP contribution in [0.4, 0.5) is 0 Å². The Morgan fingerprint density at radius 1 is 1.25 bits per heavy atom. The number of nitrogens with zero attached hydrogens (tertiary/aromatic N) is 1. The van der Waals surface area contributed by atoms with Crippen LogP contribution in [0.25, 0.3) is 0 Å². The van der Waals surface area contributed by atoms with Crippen LogP contribution in [-0.4, -0.2) is 69.8 Å². The van der Waals surface area contributed by atoms with E-state index < -0.39 is 0 Å². The zero-order chi connectivity index (χ0) is 13.8. The standard InChI is InChI=1S/C15H28N2O3/c1-18-12-14-10-16-6-7-17(14)11-13-2-4-15(5-3-13)19-8-9-20-15/h13-14,16H,2-12H2,1H3/t14-/m0/s1. The average Bonchev–Trinajstić information content (AvgIpc) is 2.92. The minimum atomic E-state index is -0.216. The second-order valence-electron chi connectivity index (χ2n) is 6.36. The first-order valence-electron chi connectivity index (χ1n) is 8.03. The zero-order valence-electron chi connectivity index (χ0n) is 12.6. The summed E-state index contributed by atoms with van der Waals surface area (Å²) in [6.45, 7) is 6.88. The summed E-state index contributed by atoms with van der Waals surface area (Å²) in [4.78, 5) is 2.61. The van der Waals surface area contributed by atoms with Crippen LogP contribution in [0.1, 0.15) is 25.7 Å². The molecule has 1 saturated carbocycles. The molecular weight excluding hydrogens is 256 g/mol. The second kappa shape index (κ2) is 6.71. The maximum absolute atomic E-state index is 5.81. The molecule has 3 rings (SSSR count). The van der Waals surface area contributed by atoms with Gasteiger partial charge in [-0.05, 0) is 18.8 Å². The first-order valence-corrected chi connectivity index (χ1v) is 8.03. The van der Waals surface area contributed by atoms with Gasteiger partial charge in [0.05, 0.1) is 19.8 Å². The van der Waals surface area contributed by atoms with Crippen molar-refractivity contribution in [3.63, 3.8) is 0 Å². The second-order valence-corrected chi connectivity index (χ2v) is 6.36. The van der Waals surface area contributed by atoms with Crippen LogP contribution in [0.15, 0.2) is 0 Å². The first kappa shape index (κ1) is 14.7. The van der Waals surface area contributed by atoms with E-state index in [9.17, 15) is 0 Å². The average molecular weight is 284 g/mol. The molecule has 1 spiro atoms. The number of ether oxygens (including phenoxy) is 3. The van der Waals surface area contributed by atoms with Crippen LogP contribution in [-0.2, 0) is 14.2 Å². The number of hydrogen-bond acceptors (Lipinski definition) is 5. The van der Waals surface area contributed by atoms with Crippen molar-refractivity contribution in [2.75, 3.05) is 53.1 Å². The van der Waals surface area contributed by atoms with Crippen molar-refractivity contribution in [3.05, 3.63) is 0 Å². The van der Waals surface area contributed by atoms with Crippen LogP contribution in [0.3, 0.4) is 0 Å². The Morgan fingerprint density at radius 3 is 2.70 bits per heavy atom. The van der Waals surface area contributed by atoms with Crippen LogP contribution >= 0.6 is 0 Å². The number of piperazine rings is 1. The molecule has 3 aliphatic rings. The van der Waals surface area contributed by atoms with E-state index >= 15 is 0 Å². The molecule has 0 radical (unpaired) electrons. The van der Waals surface area contributed by atoms with E-state index in [1.54, 1.807) is 7.11 Å². The summed E-state index contributed by atoms with van der Waals surface area (Å²) < 4.78 is 17.0. The van der Waals surface area contributed by atoms with Gasteiger partial charge in [0, 0.05) is 52.2 Å². The Labute approximate surface area is 121 Å². The minimum Gasteiger partial charge on any atom is -0.383 e. The van der Waals surface area contributed by atoms with Crippen LogP contribution in [0.5, 0.6) is 0 Å². The lowest BCUT2D eigenvalue weighted by Crippen LogP contribution is -2.54. The summed E-state index contributed by atoms with van der Waals surface area (Å²) in [5, 5.41) is 3.46. The van der Waals surface area contributed by atoms with Gasteiger partial charge in [-0.25, -0.2) is 0 Å². The molecule has 0 bridgehead atoms. The molecule has 5 nitrogen and oxygen atoms in total. The van der Waals surface area contributed by atoms with Crippen LogP contribution in [0, 0.1) is 5.92 Å². The molecule has 116 valence electrons. The summed E-state index contributed by atoms with van der Waals surface area (Å²) >= 11 is 0. The lowest BCUT2D eigenvalue weighted by Gasteiger charge is -2.41. The summed E-state index contributed by atoms with van der Waals surface area (Å²) in [6, 6.07) is 0.531. The fourth-order valence-corrected chi connectivity index (χ4v) is 3.82. The number of nitrogens with one attached hydrogen (secondary N) is 1. The van der Waals surface area contributed by atoms with Gasteiger partial charge in [0.1, 0.15) is 0 Å². The SMILES string of the molecule is COC[C@@H]1CNCCN1CC1CCC2(CC1)OCCO2. The number of hydrogen-bond donors (Lipinski definition) is 1. The Bertz CT molecular complexity index is 295. The van der Waals surface area contributed by atoms with Crippen LogP contribution in [0.2, 0.25) is 0 Å². The Kier molecular flexibility index (Phi) is 4.94. The van der Waals surface area contributed by atoms with E-state index in [2.05, 4.69) is 10.2 Å². The molecule has 0 unspecified atom stereocenters. The highest BCUT2D eigenvalue weighted by atomic mass is 16.7. The summed E-state index contributed by atoms with van der Waals surface area (Å²) in [7, 11) is 1.80. The van der Waals surface area contributed by atoms with Gasteiger partial charge in [-0.15, -0.1) is 0 Å². The quantitative estimate of drug-likeness (QED) is 0.829. The highest BCUT2D eigenvalue weighted by Crippen LogP contribution is 2.38. The van der Waals surface area contributed by atoms with Crippen molar-refractivity contribution in [3.8, 4) is 0 Å². The number of methoxy groups -OCH3 is 1. The molecule has 5 heteroatoms. The lowest BCUT2D eigenvalue weighted by atomic mass is 9.84. The maximum atomic E-state index is 5.81. The third kappa shape index (κ3) is 3.34. The molecule has 1 atom stereocenters. The van der Waals surface area contributed by atoms with Gasteiger partial charge in [-0.2, -0.15) is 0 Å². The van der Waals surface area contributed by atoms with Crippen LogP contribution < -0.4 is 5.32 Å². The third-order valence-corrected chi connectivity index (χ3v) is 5.00. The van der Waals surface area contributed by atoms with Crippen molar-refractivity contribution < 1.29 is 14.2 Å². The largest absolute Gasteiger partial charge is 0.383 e. The lowest BCUT2D eigenvalue weighted by molar-refractivity contribution is -0.183. The van der Waals surface area contributed by atoms with E-state index in [4.69, 9.17) is 14.2 Å². The van der Waals surface area contributed by atoms with Gasteiger partial charge >= 0.3 is 0 Å². The Morgan fingerprint density at radius 2 is 2.00 bits per heavy atom. The van der Waals surface area contributed by atoms with Crippen molar-refractivity contribution in [2.45, 2.75) is 37.5 Å². The van der Waals surface area contributed by atoms with Gasteiger partial charge in [0.25, 0.3) is 0 Å². The highest BCUT2D eigenvalue weighted by molar-refractivity contribution is 4.86. The third-order valence-electron chi connectivity index (χ3n) is 5.00. The topological polar surface area (TPSA) is 43.0 Å². The van der Waals surface area contributed by atoms with E-state index in [0.717, 1.165) is 58.2 Å². The monoisotopic (exact) mass is 284 g/mol. The fraction of sp³-hybridized carbons (Fsp3) is 1.00. The smallest absolute Gasteiger partial charge is 0.168 e. The Hall–Kier alpha value is -0.200. The van der Waals surface area contributed by atoms with Gasteiger partial charge in [-0.1, -0.05) is 0 Å². The predicted molar refractivity (Wildman–Crippen MR) is 76.7 cm³/mol.